The molecule has 0 amide bonds. The van der Waals surface area contributed by atoms with Crippen LogP contribution in [-0.2, 0) is 4.79 Å². The van der Waals surface area contributed by atoms with Gasteiger partial charge < -0.3 is 4.79 Å². The quantitative estimate of drug-likeness (QED) is 0.529. The molecular weight excluding hydrogens is 352 g/mol. The summed E-state index contributed by atoms with van der Waals surface area (Å²) in [7, 11) is -2.33. The van der Waals surface area contributed by atoms with Crippen molar-refractivity contribution >= 4 is 39.8 Å². The molecule has 0 spiro atoms. The van der Waals surface area contributed by atoms with Crippen molar-refractivity contribution in [2.24, 2.45) is 0 Å². The Kier molecular flexibility index (Phi) is 6.15. The van der Waals surface area contributed by atoms with E-state index in [9.17, 15) is 4.79 Å². The van der Waals surface area contributed by atoms with Gasteiger partial charge in [0.1, 0.15) is 5.41 Å². The summed E-state index contributed by atoms with van der Waals surface area (Å²) in [6.45, 7) is 4.33. The van der Waals surface area contributed by atoms with Gasteiger partial charge in [0.25, 0.3) is 0 Å². The van der Waals surface area contributed by atoms with Crippen LogP contribution in [0.15, 0.2) is 60.7 Å². The lowest BCUT2D eigenvalue weighted by molar-refractivity contribution is -0.112. The molecule has 0 radical (unpaired) electrons. The van der Waals surface area contributed by atoms with E-state index in [0.29, 0.717) is 16.7 Å². The van der Waals surface area contributed by atoms with Crippen LogP contribution >= 0.6 is 15.9 Å². The second-order valence-electron chi connectivity index (χ2n) is 5.95. The summed E-state index contributed by atoms with van der Waals surface area (Å²) < 4.78 is 0. The molecule has 0 aromatic heterocycles. The van der Waals surface area contributed by atoms with Crippen LogP contribution in [0.5, 0.6) is 0 Å². The Hall–Kier alpha value is -1.19. The molecular formula is C19H23BrOSi. The van der Waals surface area contributed by atoms with E-state index in [1.165, 1.54) is 10.4 Å². The van der Waals surface area contributed by atoms with Crippen LogP contribution in [0.25, 0.3) is 0 Å². The third-order valence-electron chi connectivity index (χ3n) is 4.27. The third kappa shape index (κ3) is 3.96. The molecule has 1 unspecified atom stereocenters. The first-order chi connectivity index (χ1) is 10.5. The SMILES string of the molecule is CC(Br)CCCC(=O)[Si](C)(c1ccccc1)c1ccccc1. The molecule has 2 aromatic rings. The van der Waals surface area contributed by atoms with Crippen LogP contribution in [0.1, 0.15) is 26.2 Å². The summed E-state index contributed by atoms with van der Waals surface area (Å²) in [6.07, 6.45) is 2.66. The number of carbonyl (C=O) groups is 1. The van der Waals surface area contributed by atoms with Crippen molar-refractivity contribution in [1.29, 1.82) is 0 Å². The van der Waals surface area contributed by atoms with Gasteiger partial charge in [0.15, 0.2) is 8.07 Å². The molecule has 116 valence electrons. The normalized spacial score (nSPS) is 12.9. The molecule has 0 fully saturated rings. The highest BCUT2D eigenvalue weighted by Crippen LogP contribution is 2.14. The molecule has 0 N–H and O–H groups in total. The number of halogens is 1. The fraction of sp³-hybridized carbons (Fsp3) is 0.316. The molecule has 3 heteroatoms. The number of carbonyl (C=O) groups excluding carboxylic acids is 1. The first-order valence-corrected chi connectivity index (χ1v) is 11.2. The molecule has 2 rings (SSSR count). The lowest BCUT2D eigenvalue weighted by Crippen LogP contribution is -2.62. The molecule has 0 saturated carbocycles. The van der Waals surface area contributed by atoms with Gasteiger partial charge in [-0.15, -0.1) is 0 Å². The van der Waals surface area contributed by atoms with E-state index in [2.05, 4.69) is 53.7 Å². The lowest BCUT2D eigenvalue weighted by atomic mass is 10.2. The Morgan fingerprint density at radius 1 is 1.00 bits per heavy atom. The van der Waals surface area contributed by atoms with E-state index < -0.39 is 8.07 Å². The third-order valence-corrected chi connectivity index (χ3v) is 9.06. The molecule has 0 saturated heterocycles. The van der Waals surface area contributed by atoms with Crippen molar-refractivity contribution in [3.05, 3.63) is 60.7 Å². The maximum absolute atomic E-state index is 13.1. The summed E-state index contributed by atoms with van der Waals surface area (Å²) in [4.78, 5) is 13.6. The van der Waals surface area contributed by atoms with Crippen molar-refractivity contribution in [2.75, 3.05) is 0 Å². The van der Waals surface area contributed by atoms with Crippen molar-refractivity contribution in [3.63, 3.8) is 0 Å². The Bertz CT molecular complexity index is 556. The molecule has 22 heavy (non-hydrogen) atoms. The van der Waals surface area contributed by atoms with E-state index in [0.717, 1.165) is 12.8 Å². The van der Waals surface area contributed by atoms with Crippen LogP contribution in [0.4, 0.5) is 0 Å². The lowest BCUT2D eigenvalue weighted by Gasteiger charge is -2.27. The standard InChI is InChI=1S/C19H23BrOSi/c1-16(20)10-9-15-19(21)22(2,17-11-5-3-6-12-17)18-13-7-4-8-14-18/h3-8,11-14,16H,9-10,15H2,1-2H3. The van der Waals surface area contributed by atoms with Crippen LogP contribution in [-0.4, -0.2) is 18.3 Å². The summed E-state index contributed by atoms with van der Waals surface area (Å²) in [5.41, 5.74) is 0. The zero-order valence-electron chi connectivity index (χ0n) is 13.3. The van der Waals surface area contributed by atoms with Gasteiger partial charge in [-0.1, -0.05) is 90.1 Å². The molecule has 0 heterocycles. The Labute approximate surface area is 142 Å². The van der Waals surface area contributed by atoms with Gasteiger partial charge in [0.2, 0.25) is 0 Å². The summed E-state index contributed by atoms with van der Waals surface area (Å²) >= 11 is 3.56. The molecule has 1 nitrogen and oxygen atoms in total. The number of alkyl halides is 1. The van der Waals surface area contributed by atoms with E-state index in [4.69, 9.17) is 0 Å². The average molecular weight is 375 g/mol. The molecule has 1 atom stereocenters. The van der Waals surface area contributed by atoms with Gasteiger partial charge in [-0.2, -0.15) is 0 Å². The predicted octanol–water partition coefficient (Wildman–Crippen LogP) is 3.94. The second kappa shape index (κ2) is 7.89. The van der Waals surface area contributed by atoms with Crippen LogP contribution in [0, 0.1) is 0 Å². The first kappa shape index (κ1) is 17.2. The zero-order valence-corrected chi connectivity index (χ0v) is 15.8. The maximum Gasteiger partial charge on any atom is 0.190 e. The minimum absolute atomic E-state index is 0.429. The fourth-order valence-corrected chi connectivity index (χ4v) is 6.52. The van der Waals surface area contributed by atoms with Gasteiger partial charge in [-0.3, -0.25) is 0 Å². The average Bonchev–Trinajstić information content (AvgIpc) is 2.55. The fourth-order valence-electron chi connectivity index (χ4n) is 2.83. The Morgan fingerprint density at radius 3 is 1.86 bits per heavy atom. The summed E-state index contributed by atoms with van der Waals surface area (Å²) in [6, 6.07) is 20.6. The number of hydrogen-bond donors (Lipinski definition) is 0. The minimum Gasteiger partial charge on any atom is -0.305 e. The topological polar surface area (TPSA) is 17.1 Å². The van der Waals surface area contributed by atoms with E-state index >= 15 is 0 Å². The van der Waals surface area contributed by atoms with Crippen LogP contribution in [0.3, 0.4) is 0 Å². The van der Waals surface area contributed by atoms with E-state index in [1.54, 1.807) is 0 Å². The van der Waals surface area contributed by atoms with Gasteiger partial charge in [0.05, 0.1) is 0 Å². The smallest absolute Gasteiger partial charge is 0.190 e. The predicted molar refractivity (Wildman–Crippen MR) is 101 cm³/mol. The highest BCUT2D eigenvalue weighted by Gasteiger charge is 2.39. The first-order valence-electron chi connectivity index (χ1n) is 7.83. The van der Waals surface area contributed by atoms with Crippen molar-refractivity contribution in [1.82, 2.24) is 0 Å². The van der Waals surface area contributed by atoms with Gasteiger partial charge in [-0.25, -0.2) is 0 Å². The number of rotatable bonds is 7. The Balaban J connectivity index is 2.32. The highest BCUT2D eigenvalue weighted by molar-refractivity contribution is 9.09. The summed E-state index contributed by atoms with van der Waals surface area (Å²) in [5.74, 6) is 0. The zero-order chi connectivity index (χ0) is 16.0. The molecule has 2 aromatic carbocycles. The monoisotopic (exact) mass is 374 g/mol. The summed E-state index contributed by atoms with van der Waals surface area (Å²) in [5, 5.41) is 2.84. The molecule has 0 aliphatic heterocycles. The van der Waals surface area contributed by atoms with Crippen molar-refractivity contribution < 1.29 is 4.79 Å². The molecule has 0 aliphatic carbocycles. The second-order valence-corrected chi connectivity index (χ2v) is 11.5. The maximum atomic E-state index is 13.1. The highest BCUT2D eigenvalue weighted by atomic mass is 79.9. The van der Waals surface area contributed by atoms with E-state index in [1.807, 2.05) is 36.4 Å². The number of hydrogen-bond acceptors (Lipinski definition) is 1. The van der Waals surface area contributed by atoms with Crippen molar-refractivity contribution in [2.45, 2.75) is 37.6 Å². The van der Waals surface area contributed by atoms with E-state index in [-0.39, 0.29) is 0 Å². The largest absolute Gasteiger partial charge is 0.305 e. The van der Waals surface area contributed by atoms with Gasteiger partial charge in [-0.05, 0) is 23.2 Å². The van der Waals surface area contributed by atoms with Gasteiger partial charge in [0, 0.05) is 11.2 Å². The van der Waals surface area contributed by atoms with Gasteiger partial charge >= 0.3 is 0 Å². The minimum atomic E-state index is -2.33. The molecule has 0 aliphatic rings. The Morgan fingerprint density at radius 2 is 1.45 bits per heavy atom. The molecule has 0 bridgehead atoms. The van der Waals surface area contributed by atoms with Crippen molar-refractivity contribution in [3.8, 4) is 0 Å². The van der Waals surface area contributed by atoms with Crippen LogP contribution in [0.2, 0.25) is 6.55 Å². The van der Waals surface area contributed by atoms with Crippen LogP contribution < -0.4 is 10.4 Å². The number of benzene rings is 2.